The number of hydrogen-bond acceptors (Lipinski definition) is 6. The summed E-state index contributed by atoms with van der Waals surface area (Å²) >= 11 is 1.57. The molecule has 23 heavy (non-hydrogen) atoms. The van der Waals surface area contributed by atoms with Gasteiger partial charge in [-0.15, -0.1) is 0 Å². The highest BCUT2D eigenvalue weighted by atomic mass is 32.2. The Morgan fingerprint density at radius 1 is 1.57 bits per heavy atom. The van der Waals surface area contributed by atoms with Crippen LogP contribution in [0, 0.1) is 12.2 Å². The van der Waals surface area contributed by atoms with E-state index in [1.807, 2.05) is 31.4 Å². The highest BCUT2D eigenvalue weighted by Gasteiger charge is 2.08. The maximum Gasteiger partial charge on any atom is 0.160 e. The molecule has 0 bridgehead atoms. The Bertz CT molecular complexity index is 606. The van der Waals surface area contributed by atoms with Gasteiger partial charge < -0.3 is 21.5 Å². The van der Waals surface area contributed by atoms with Crippen LogP contribution in [0.5, 0.6) is 0 Å². The van der Waals surface area contributed by atoms with Crippen LogP contribution < -0.4 is 21.3 Å². The number of nitrogens with zero attached hydrogens (tertiary/aromatic N) is 2. The molecular weight excluding hydrogens is 310 g/mol. The Morgan fingerprint density at radius 2 is 2.35 bits per heavy atom. The fourth-order valence-electron chi connectivity index (χ4n) is 1.83. The van der Waals surface area contributed by atoms with Crippen molar-refractivity contribution >= 4 is 28.3 Å². The van der Waals surface area contributed by atoms with Gasteiger partial charge in [-0.05, 0) is 23.9 Å². The molecule has 0 aliphatic rings. The minimum absolute atomic E-state index is 0.508. The molecule has 0 spiro atoms. The number of amidine groups is 1. The van der Waals surface area contributed by atoms with Gasteiger partial charge in [-0.2, -0.15) is 0 Å². The van der Waals surface area contributed by atoms with Crippen LogP contribution in [0.15, 0.2) is 36.0 Å². The van der Waals surface area contributed by atoms with Crippen molar-refractivity contribution in [2.75, 3.05) is 37.4 Å². The van der Waals surface area contributed by atoms with Crippen LogP contribution in [0.3, 0.4) is 0 Å². The van der Waals surface area contributed by atoms with Crippen LogP contribution in [0.2, 0.25) is 0 Å². The Balaban J connectivity index is 2.89. The molecule has 0 atom stereocenters. The summed E-state index contributed by atoms with van der Waals surface area (Å²) in [4.78, 5) is 6.03. The minimum Gasteiger partial charge on any atom is -0.461 e. The summed E-state index contributed by atoms with van der Waals surface area (Å²) in [5.41, 5.74) is 8.42. The first kappa shape index (κ1) is 18.7. The zero-order valence-electron chi connectivity index (χ0n) is 13.5. The Labute approximate surface area is 141 Å². The van der Waals surface area contributed by atoms with E-state index < -0.39 is 0 Å². The van der Waals surface area contributed by atoms with E-state index in [9.17, 15) is 0 Å². The quantitative estimate of drug-likeness (QED) is 0.263. The number of aliphatic hydroxyl groups is 1. The predicted molar refractivity (Wildman–Crippen MR) is 100 cm³/mol. The topological polar surface area (TPSA) is 85.9 Å². The summed E-state index contributed by atoms with van der Waals surface area (Å²) in [6, 6.07) is 8.65. The normalized spacial score (nSPS) is 10.5. The van der Waals surface area contributed by atoms with Crippen LogP contribution >= 0.6 is 11.8 Å². The molecule has 124 valence electrons. The van der Waals surface area contributed by atoms with Gasteiger partial charge in [0, 0.05) is 26.4 Å². The number of hydrogen-bond donors (Lipinski definition) is 4. The van der Waals surface area contributed by atoms with Crippen LogP contribution in [0.4, 0.5) is 11.4 Å². The zero-order valence-corrected chi connectivity index (χ0v) is 14.3. The lowest BCUT2D eigenvalue weighted by atomic mass is 10.2. The van der Waals surface area contributed by atoms with Gasteiger partial charge in [-0.25, -0.2) is 0 Å². The Kier molecular flexibility index (Phi) is 8.50. The first-order valence-electron chi connectivity index (χ1n) is 7.10. The minimum atomic E-state index is 0.508. The van der Waals surface area contributed by atoms with Crippen molar-refractivity contribution in [1.82, 2.24) is 5.32 Å². The highest BCUT2D eigenvalue weighted by Crippen LogP contribution is 2.27. The predicted octanol–water partition coefficient (Wildman–Crippen LogP) is 1.74. The third-order valence-corrected chi connectivity index (χ3v) is 3.89. The van der Waals surface area contributed by atoms with Crippen molar-refractivity contribution in [2.45, 2.75) is 5.75 Å². The average molecular weight is 333 g/mol. The smallest absolute Gasteiger partial charge is 0.160 e. The molecule has 0 fully saturated rings. The van der Waals surface area contributed by atoms with Crippen molar-refractivity contribution in [2.24, 2.45) is 10.7 Å². The van der Waals surface area contributed by atoms with E-state index in [0.717, 1.165) is 27.9 Å². The molecule has 1 aromatic carbocycles. The lowest BCUT2D eigenvalue weighted by Crippen LogP contribution is -2.16. The van der Waals surface area contributed by atoms with Gasteiger partial charge in [0.2, 0.25) is 0 Å². The van der Waals surface area contributed by atoms with E-state index in [0.29, 0.717) is 13.1 Å². The molecule has 1 aromatic rings. The summed E-state index contributed by atoms with van der Waals surface area (Å²) < 4.78 is 0. The lowest BCUT2D eigenvalue weighted by Gasteiger charge is -2.17. The van der Waals surface area contributed by atoms with Gasteiger partial charge in [-0.3, -0.25) is 9.89 Å². The number of anilines is 2. The zero-order chi connectivity index (χ0) is 17.1. The molecule has 0 aliphatic carbocycles. The molecule has 6 nitrogen and oxygen atoms in total. The fourth-order valence-corrected chi connectivity index (χ4v) is 2.66. The van der Waals surface area contributed by atoms with Gasteiger partial charge in [0.05, 0.1) is 24.0 Å². The Hall–Kier alpha value is -2.30. The standard InChI is InChI=1S/C16H23N5OS/c1-4-19-16(20-8-7-17)23-12-13-5-6-14(18-2)15(11-13)21(3)9-10-22/h4-6,11,18,22H,1,7-8,12,17H2,2-3H3,(H,19,20). The lowest BCUT2D eigenvalue weighted by molar-refractivity contribution is 0.516. The second-order valence-electron chi connectivity index (χ2n) is 4.50. The molecule has 7 heteroatoms. The van der Waals surface area contributed by atoms with Gasteiger partial charge in [0.25, 0.3) is 0 Å². The van der Waals surface area contributed by atoms with E-state index >= 15 is 0 Å². The second kappa shape index (κ2) is 10.4. The van der Waals surface area contributed by atoms with Gasteiger partial charge >= 0.3 is 0 Å². The summed E-state index contributed by atoms with van der Waals surface area (Å²) in [6.07, 6.45) is 3.52. The molecule has 0 unspecified atom stereocenters. The van der Waals surface area contributed by atoms with Crippen LogP contribution in [-0.4, -0.2) is 37.5 Å². The molecule has 0 saturated heterocycles. The van der Waals surface area contributed by atoms with Crippen LogP contribution in [-0.2, 0) is 5.75 Å². The van der Waals surface area contributed by atoms with E-state index in [-0.39, 0.29) is 0 Å². The third kappa shape index (κ3) is 6.14. The molecule has 1 rings (SSSR count). The van der Waals surface area contributed by atoms with E-state index in [4.69, 9.17) is 10.8 Å². The molecule has 0 amide bonds. The highest BCUT2D eigenvalue weighted by molar-refractivity contribution is 8.13. The number of aliphatic hydroxyl groups excluding tert-OH is 1. The molecular formula is C16H23N5OS. The van der Waals surface area contributed by atoms with E-state index in [1.54, 1.807) is 29.9 Å². The van der Waals surface area contributed by atoms with Crippen molar-refractivity contribution in [3.05, 3.63) is 36.5 Å². The van der Waals surface area contributed by atoms with Gasteiger partial charge in [-0.1, -0.05) is 24.4 Å². The van der Waals surface area contributed by atoms with Crippen molar-refractivity contribution in [3.63, 3.8) is 0 Å². The molecule has 0 heterocycles. The van der Waals surface area contributed by atoms with E-state index in [2.05, 4.69) is 28.2 Å². The maximum absolute atomic E-state index is 8.78. The van der Waals surface area contributed by atoms with Crippen LogP contribution in [0.25, 0.3) is 0 Å². The summed E-state index contributed by atoms with van der Waals surface area (Å²) in [5, 5.41) is 15.7. The SMILES string of the molecule is C=CNC(=NCCN)SCc1ccc(NC)c(N(C)C#CO)c1. The molecule has 5 N–H and O–H groups in total. The molecule has 0 aliphatic heterocycles. The third-order valence-electron chi connectivity index (χ3n) is 2.90. The summed E-state index contributed by atoms with van der Waals surface area (Å²) in [6.45, 7) is 4.73. The maximum atomic E-state index is 8.78. The van der Waals surface area contributed by atoms with Crippen molar-refractivity contribution in [1.29, 1.82) is 0 Å². The number of nitrogens with one attached hydrogen (secondary N) is 2. The fraction of sp³-hybridized carbons (Fsp3) is 0.312. The number of aliphatic imine (C=N–C) groups is 1. The first-order chi connectivity index (χ1) is 11.2. The first-order valence-corrected chi connectivity index (χ1v) is 8.08. The number of nitrogens with two attached hydrogens (primary N) is 1. The van der Waals surface area contributed by atoms with Gasteiger partial charge in [0.15, 0.2) is 5.17 Å². The van der Waals surface area contributed by atoms with Crippen LogP contribution in [0.1, 0.15) is 5.56 Å². The van der Waals surface area contributed by atoms with Crippen molar-refractivity contribution in [3.8, 4) is 12.2 Å². The average Bonchev–Trinajstić information content (AvgIpc) is 2.57. The second-order valence-corrected chi connectivity index (χ2v) is 5.46. The van der Waals surface area contributed by atoms with Crippen molar-refractivity contribution < 1.29 is 5.11 Å². The summed E-state index contributed by atoms with van der Waals surface area (Å²) in [7, 11) is 3.64. The van der Waals surface area contributed by atoms with Gasteiger partial charge in [0.1, 0.15) is 6.11 Å². The Morgan fingerprint density at radius 3 is 2.96 bits per heavy atom. The molecule has 0 saturated carbocycles. The number of rotatable bonds is 7. The monoisotopic (exact) mass is 333 g/mol. The largest absolute Gasteiger partial charge is 0.461 e. The molecule has 0 aromatic heterocycles. The summed E-state index contributed by atoms with van der Waals surface area (Å²) in [5.74, 6) is 0.738. The number of benzene rings is 1. The van der Waals surface area contributed by atoms with E-state index in [1.165, 1.54) is 0 Å². The molecule has 0 radical (unpaired) electrons. The number of thioether (sulfide) groups is 1.